The average molecular weight is 245 g/mol. The molecule has 1 unspecified atom stereocenters. The Morgan fingerprint density at radius 2 is 2.31 bits per heavy atom. The van der Waals surface area contributed by atoms with Crippen LogP contribution in [0.4, 0.5) is 0 Å². The Labute approximate surface area is 101 Å². The monoisotopic (exact) mass is 245 g/mol. The highest BCUT2D eigenvalue weighted by Crippen LogP contribution is 2.08. The number of nitrogens with zero attached hydrogens (tertiary/aromatic N) is 1. The van der Waals surface area contributed by atoms with Gasteiger partial charge in [-0.05, 0) is 13.2 Å². The quantitative estimate of drug-likeness (QED) is 0.512. The second-order valence-corrected chi connectivity index (χ2v) is 4.66. The molecule has 0 saturated carbocycles. The molecule has 1 amide bonds. The van der Waals surface area contributed by atoms with Gasteiger partial charge in [0.25, 0.3) is 0 Å². The zero-order chi connectivity index (χ0) is 12.4. The summed E-state index contributed by atoms with van der Waals surface area (Å²) in [4.78, 5) is 11.2. The summed E-state index contributed by atoms with van der Waals surface area (Å²) in [7, 11) is 0. The molecule has 0 aliphatic rings. The lowest BCUT2D eigenvalue weighted by atomic mass is 10.1. The van der Waals surface area contributed by atoms with E-state index in [2.05, 4.69) is 10.6 Å². The molecule has 0 heterocycles. The molecule has 0 aliphatic heterocycles. The van der Waals surface area contributed by atoms with Crippen molar-refractivity contribution in [2.24, 2.45) is 0 Å². The maximum absolute atomic E-state index is 11.2. The molecule has 0 aromatic carbocycles. The van der Waals surface area contributed by atoms with E-state index in [1.807, 2.05) is 12.3 Å². The number of rotatable bonds is 8. The van der Waals surface area contributed by atoms with E-state index >= 15 is 0 Å². The molecule has 0 spiro atoms. The van der Waals surface area contributed by atoms with Crippen LogP contribution in [0.15, 0.2) is 0 Å². The van der Waals surface area contributed by atoms with Crippen molar-refractivity contribution in [1.82, 2.24) is 10.6 Å². The van der Waals surface area contributed by atoms with Gasteiger partial charge in [0.1, 0.15) is 0 Å². The number of nitrogens with one attached hydrogen (secondary N) is 2. The minimum atomic E-state index is -0.799. The van der Waals surface area contributed by atoms with Gasteiger partial charge in [-0.1, -0.05) is 0 Å². The second kappa shape index (κ2) is 8.39. The predicted octanol–water partition coefficient (Wildman–Crippen LogP) is -0.280. The van der Waals surface area contributed by atoms with Crippen molar-refractivity contribution in [2.75, 3.05) is 31.6 Å². The van der Waals surface area contributed by atoms with Crippen LogP contribution in [-0.4, -0.2) is 48.3 Å². The maximum atomic E-state index is 11.2. The number of thioether (sulfide) groups is 1. The SMILES string of the molecule is CSCC(C)(O)CNCC(=O)NCCC#N. The number of hydrogen-bond acceptors (Lipinski definition) is 5. The van der Waals surface area contributed by atoms with Gasteiger partial charge in [-0.2, -0.15) is 17.0 Å². The van der Waals surface area contributed by atoms with E-state index in [-0.39, 0.29) is 12.5 Å². The van der Waals surface area contributed by atoms with Crippen molar-refractivity contribution >= 4 is 17.7 Å². The van der Waals surface area contributed by atoms with Gasteiger partial charge in [0, 0.05) is 18.8 Å². The Hall–Kier alpha value is -0.770. The minimum Gasteiger partial charge on any atom is -0.388 e. The Morgan fingerprint density at radius 3 is 2.88 bits per heavy atom. The lowest BCUT2D eigenvalue weighted by Gasteiger charge is -2.22. The van der Waals surface area contributed by atoms with Crippen LogP contribution < -0.4 is 10.6 Å². The van der Waals surface area contributed by atoms with Gasteiger partial charge in [0.15, 0.2) is 0 Å². The van der Waals surface area contributed by atoms with Crippen molar-refractivity contribution < 1.29 is 9.90 Å². The molecule has 0 fully saturated rings. The summed E-state index contributed by atoms with van der Waals surface area (Å²) in [5.41, 5.74) is -0.799. The number of aliphatic hydroxyl groups is 1. The van der Waals surface area contributed by atoms with E-state index in [4.69, 9.17) is 5.26 Å². The maximum Gasteiger partial charge on any atom is 0.233 e. The molecule has 16 heavy (non-hydrogen) atoms. The summed E-state index contributed by atoms with van der Waals surface area (Å²) in [6.45, 7) is 2.64. The van der Waals surface area contributed by atoms with E-state index < -0.39 is 5.60 Å². The van der Waals surface area contributed by atoms with E-state index in [0.717, 1.165) is 0 Å². The van der Waals surface area contributed by atoms with E-state index in [1.54, 1.807) is 18.7 Å². The minimum absolute atomic E-state index is 0.157. The molecule has 6 heteroatoms. The Balaban J connectivity index is 3.58. The molecule has 0 bridgehead atoms. The molecule has 3 N–H and O–H groups in total. The summed E-state index contributed by atoms with van der Waals surface area (Å²) in [6.07, 6.45) is 2.24. The number of carbonyl (C=O) groups is 1. The number of nitriles is 1. The molecule has 0 aromatic rings. The van der Waals surface area contributed by atoms with Crippen molar-refractivity contribution in [2.45, 2.75) is 18.9 Å². The molecule has 5 nitrogen and oxygen atoms in total. The zero-order valence-electron chi connectivity index (χ0n) is 9.75. The Bertz CT molecular complexity index is 251. The lowest BCUT2D eigenvalue weighted by Crippen LogP contribution is -2.44. The van der Waals surface area contributed by atoms with Crippen molar-refractivity contribution in [1.29, 1.82) is 5.26 Å². The van der Waals surface area contributed by atoms with Crippen molar-refractivity contribution in [3.05, 3.63) is 0 Å². The van der Waals surface area contributed by atoms with Gasteiger partial charge in [0.05, 0.1) is 24.6 Å². The van der Waals surface area contributed by atoms with Crippen LogP contribution in [0.25, 0.3) is 0 Å². The number of hydrogen-bond donors (Lipinski definition) is 3. The van der Waals surface area contributed by atoms with Gasteiger partial charge in [-0.25, -0.2) is 0 Å². The first-order valence-electron chi connectivity index (χ1n) is 5.07. The van der Waals surface area contributed by atoms with Crippen LogP contribution >= 0.6 is 11.8 Å². The number of amides is 1. The van der Waals surface area contributed by atoms with Crippen LogP contribution in [0.5, 0.6) is 0 Å². The van der Waals surface area contributed by atoms with E-state index in [1.165, 1.54) is 0 Å². The van der Waals surface area contributed by atoms with Crippen LogP contribution in [0.1, 0.15) is 13.3 Å². The highest BCUT2D eigenvalue weighted by atomic mass is 32.2. The molecule has 1 atom stereocenters. The molecule has 0 radical (unpaired) electrons. The Morgan fingerprint density at radius 1 is 1.62 bits per heavy atom. The molecule has 0 aromatic heterocycles. The van der Waals surface area contributed by atoms with Crippen LogP contribution in [0, 0.1) is 11.3 Å². The largest absolute Gasteiger partial charge is 0.388 e. The summed E-state index contributed by atoms with van der Waals surface area (Å²) in [6, 6.07) is 1.94. The third-order valence-electron chi connectivity index (χ3n) is 1.81. The summed E-state index contributed by atoms with van der Waals surface area (Å²) in [5, 5.41) is 23.5. The van der Waals surface area contributed by atoms with Crippen molar-refractivity contribution in [3.63, 3.8) is 0 Å². The average Bonchev–Trinajstić information content (AvgIpc) is 2.17. The normalized spacial score (nSPS) is 13.9. The van der Waals surface area contributed by atoms with E-state index in [0.29, 0.717) is 25.3 Å². The van der Waals surface area contributed by atoms with Gasteiger partial charge >= 0.3 is 0 Å². The third kappa shape index (κ3) is 8.53. The molecule has 92 valence electrons. The first-order valence-corrected chi connectivity index (χ1v) is 6.47. The fourth-order valence-corrected chi connectivity index (χ4v) is 1.85. The standard InChI is InChI=1S/C10H19N3O2S/c1-10(15,8-16-2)7-12-6-9(14)13-5-3-4-11/h12,15H,3,5-8H2,1-2H3,(H,13,14). The first-order chi connectivity index (χ1) is 7.52. The van der Waals surface area contributed by atoms with Gasteiger partial charge in [-0.15, -0.1) is 0 Å². The predicted molar refractivity (Wildman–Crippen MR) is 65.1 cm³/mol. The van der Waals surface area contributed by atoms with Gasteiger partial charge in [0.2, 0.25) is 5.91 Å². The smallest absolute Gasteiger partial charge is 0.233 e. The molecule has 0 aliphatic carbocycles. The fraction of sp³-hybridized carbons (Fsp3) is 0.800. The van der Waals surface area contributed by atoms with Crippen LogP contribution in [0.2, 0.25) is 0 Å². The molecule has 0 rings (SSSR count). The van der Waals surface area contributed by atoms with Gasteiger partial charge < -0.3 is 15.7 Å². The van der Waals surface area contributed by atoms with E-state index in [9.17, 15) is 9.90 Å². The highest BCUT2D eigenvalue weighted by molar-refractivity contribution is 7.98. The van der Waals surface area contributed by atoms with Crippen LogP contribution in [0.3, 0.4) is 0 Å². The third-order valence-corrected chi connectivity index (χ3v) is 2.72. The fourth-order valence-electron chi connectivity index (χ4n) is 1.13. The lowest BCUT2D eigenvalue weighted by molar-refractivity contribution is -0.120. The second-order valence-electron chi connectivity index (χ2n) is 3.79. The van der Waals surface area contributed by atoms with Crippen molar-refractivity contribution in [3.8, 4) is 6.07 Å². The Kier molecular flexibility index (Phi) is 7.99. The first kappa shape index (κ1) is 15.2. The molecular weight excluding hydrogens is 226 g/mol. The topological polar surface area (TPSA) is 85.2 Å². The molecular formula is C10H19N3O2S. The zero-order valence-corrected chi connectivity index (χ0v) is 10.6. The molecule has 0 saturated heterocycles. The summed E-state index contributed by atoms with van der Waals surface area (Å²) in [5.74, 6) is 0.464. The number of carbonyl (C=O) groups excluding carboxylic acids is 1. The highest BCUT2D eigenvalue weighted by Gasteiger charge is 2.18. The van der Waals surface area contributed by atoms with Gasteiger partial charge in [-0.3, -0.25) is 4.79 Å². The van der Waals surface area contributed by atoms with Crippen LogP contribution in [-0.2, 0) is 4.79 Å². The summed E-state index contributed by atoms with van der Waals surface area (Å²) >= 11 is 1.56. The summed E-state index contributed by atoms with van der Waals surface area (Å²) < 4.78 is 0.